The van der Waals surface area contributed by atoms with E-state index in [4.69, 9.17) is 10.2 Å². The fraction of sp³-hybridized carbons (Fsp3) is 0. The molecular weight excluding hydrogens is 242 g/mol. The highest BCUT2D eigenvalue weighted by Crippen LogP contribution is 2.13. The van der Waals surface area contributed by atoms with Crippen molar-refractivity contribution < 1.29 is 19.8 Å². The molecule has 0 amide bonds. The summed E-state index contributed by atoms with van der Waals surface area (Å²) in [7, 11) is 0. The van der Waals surface area contributed by atoms with E-state index in [0.29, 0.717) is 4.47 Å². The Labute approximate surface area is 81.2 Å². The highest BCUT2D eigenvalue weighted by molar-refractivity contribution is 9.10. The summed E-state index contributed by atoms with van der Waals surface area (Å²) in [5.41, 5.74) is -0.794. The van der Waals surface area contributed by atoms with Gasteiger partial charge in [0.2, 0.25) is 0 Å². The number of hydrogen-bond acceptors (Lipinski definition) is 3. The van der Waals surface area contributed by atoms with Gasteiger partial charge in [-0.3, -0.25) is 0 Å². The van der Waals surface area contributed by atoms with Gasteiger partial charge in [0.25, 0.3) is 0 Å². The van der Waals surface area contributed by atoms with E-state index in [1.54, 1.807) is 0 Å². The molecule has 0 saturated carbocycles. The summed E-state index contributed by atoms with van der Waals surface area (Å²) in [4.78, 5) is 24.5. The number of carbonyl (C=O) groups is 2. The molecule has 0 fully saturated rings. The van der Waals surface area contributed by atoms with Crippen molar-refractivity contribution in [2.24, 2.45) is 0 Å². The summed E-state index contributed by atoms with van der Waals surface area (Å²) in [6.07, 6.45) is 1.23. The van der Waals surface area contributed by atoms with Gasteiger partial charge in [0.05, 0.1) is 5.56 Å². The van der Waals surface area contributed by atoms with Crippen LogP contribution in [0.1, 0.15) is 20.8 Å². The maximum Gasteiger partial charge on any atom is 0.355 e. The fourth-order valence-corrected chi connectivity index (χ4v) is 1.10. The number of nitrogens with zero attached hydrogens (tertiary/aromatic N) is 1. The van der Waals surface area contributed by atoms with Crippen molar-refractivity contribution in [3.05, 3.63) is 28.0 Å². The Morgan fingerprint density at radius 2 is 1.92 bits per heavy atom. The molecule has 1 aromatic rings. The summed E-state index contributed by atoms with van der Waals surface area (Å²) in [5.74, 6) is -2.67. The zero-order chi connectivity index (χ0) is 10.0. The van der Waals surface area contributed by atoms with Crippen LogP contribution in [-0.4, -0.2) is 27.1 Å². The molecule has 0 aliphatic heterocycles. The quantitative estimate of drug-likeness (QED) is 0.819. The molecule has 0 aromatic carbocycles. The first-order chi connectivity index (χ1) is 6.02. The molecule has 5 nitrogen and oxygen atoms in total. The maximum absolute atomic E-state index is 10.6. The lowest BCUT2D eigenvalue weighted by Crippen LogP contribution is -2.10. The molecule has 0 spiro atoms. The fourth-order valence-electron chi connectivity index (χ4n) is 0.773. The van der Waals surface area contributed by atoms with Gasteiger partial charge in [-0.05, 0) is 22.0 Å². The number of carboxylic acids is 2. The molecule has 1 heterocycles. The van der Waals surface area contributed by atoms with Gasteiger partial charge in [0, 0.05) is 10.7 Å². The zero-order valence-corrected chi connectivity index (χ0v) is 7.78. The second-order valence-corrected chi connectivity index (χ2v) is 3.08. The van der Waals surface area contributed by atoms with Crippen molar-refractivity contribution >= 4 is 27.9 Å². The van der Waals surface area contributed by atoms with Crippen molar-refractivity contribution in [1.82, 2.24) is 4.98 Å². The van der Waals surface area contributed by atoms with Crippen LogP contribution in [0.3, 0.4) is 0 Å². The number of carboxylic acid groups (broad SMARTS) is 2. The van der Waals surface area contributed by atoms with Crippen LogP contribution < -0.4 is 0 Å². The monoisotopic (exact) mass is 245 g/mol. The van der Waals surface area contributed by atoms with E-state index in [-0.39, 0.29) is 5.56 Å². The molecule has 1 rings (SSSR count). The Bertz CT molecular complexity index is 377. The van der Waals surface area contributed by atoms with Crippen LogP contribution in [0.2, 0.25) is 0 Å². The van der Waals surface area contributed by atoms with Gasteiger partial charge in [0.1, 0.15) is 0 Å². The number of aromatic nitrogens is 1. The first kappa shape index (κ1) is 9.66. The average Bonchev–Trinajstić information content (AvgIpc) is 2.03. The molecule has 6 heteroatoms. The lowest BCUT2D eigenvalue weighted by atomic mass is 10.2. The second kappa shape index (κ2) is 3.53. The van der Waals surface area contributed by atoms with Crippen molar-refractivity contribution in [3.63, 3.8) is 0 Å². The largest absolute Gasteiger partial charge is 0.478 e. The molecule has 0 atom stereocenters. The predicted molar refractivity (Wildman–Crippen MR) is 45.9 cm³/mol. The van der Waals surface area contributed by atoms with Crippen molar-refractivity contribution in [2.75, 3.05) is 0 Å². The van der Waals surface area contributed by atoms with Gasteiger partial charge in [-0.25, -0.2) is 14.6 Å². The molecule has 13 heavy (non-hydrogen) atoms. The number of hydrogen-bond donors (Lipinski definition) is 2. The molecule has 68 valence electrons. The number of rotatable bonds is 2. The van der Waals surface area contributed by atoms with Gasteiger partial charge in [-0.2, -0.15) is 0 Å². The van der Waals surface area contributed by atoms with Crippen LogP contribution in [0.15, 0.2) is 16.7 Å². The Hall–Kier alpha value is -1.43. The van der Waals surface area contributed by atoms with E-state index in [2.05, 4.69) is 20.9 Å². The Morgan fingerprint density at radius 1 is 1.31 bits per heavy atom. The van der Waals surface area contributed by atoms with Gasteiger partial charge in [-0.15, -0.1) is 0 Å². The minimum atomic E-state index is -1.36. The van der Waals surface area contributed by atoms with E-state index >= 15 is 0 Å². The molecule has 1 aromatic heterocycles. The van der Waals surface area contributed by atoms with Crippen LogP contribution in [0.5, 0.6) is 0 Å². The second-order valence-electron chi connectivity index (χ2n) is 2.16. The van der Waals surface area contributed by atoms with Gasteiger partial charge in [0.15, 0.2) is 5.69 Å². The zero-order valence-electron chi connectivity index (χ0n) is 6.19. The van der Waals surface area contributed by atoms with E-state index in [0.717, 1.165) is 0 Å². The smallest absolute Gasteiger partial charge is 0.355 e. The van der Waals surface area contributed by atoms with E-state index in [1.807, 2.05) is 0 Å². The highest BCUT2D eigenvalue weighted by atomic mass is 79.9. The van der Waals surface area contributed by atoms with Crippen molar-refractivity contribution in [1.29, 1.82) is 0 Å². The van der Waals surface area contributed by atoms with Gasteiger partial charge >= 0.3 is 11.9 Å². The molecule has 0 radical (unpaired) electrons. The molecule has 0 aliphatic carbocycles. The van der Waals surface area contributed by atoms with Crippen LogP contribution in [-0.2, 0) is 0 Å². The molecule has 0 saturated heterocycles. The number of halogens is 1. The average molecular weight is 246 g/mol. The predicted octanol–water partition coefficient (Wildman–Crippen LogP) is 1.24. The normalized spacial score (nSPS) is 9.62. The molecule has 0 aliphatic rings. The molecule has 2 N–H and O–H groups in total. The van der Waals surface area contributed by atoms with Crippen LogP contribution in [0.25, 0.3) is 0 Å². The molecule has 0 unspecified atom stereocenters. The van der Waals surface area contributed by atoms with E-state index < -0.39 is 17.6 Å². The minimum Gasteiger partial charge on any atom is -0.478 e. The number of pyridine rings is 1. The van der Waals surface area contributed by atoms with Gasteiger partial charge in [-0.1, -0.05) is 0 Å². The Balaban J connectivity index is 3.35. The SMILES string of the molecule is O=C(O)c1cc(Br)cnc1C(=O)O. The van der Waals surface area contributed by atoms with Crippen LogP contribution in [0.4, 0.5) is 0 Å². The lowest BCUT2D eigenvalue weighted by molar-refractivity contribution is 0.0646. The third-order valence-corrected chi connectivity index (χ3v) is 1.72. The Kier molecular flexibility index (Phi) is 2.62. The van der Waals surface area contributed by atoms with Crippen molar-refractivity contribution in [3.8, 4) is 0 Å². The topological polar surface area (TPSA) is 87.5 Å². The first-order valence-electron chi connectivity index (χ1n) is 3.14. The van der Waals surface area contributed by atoms with E-state index in [9.17, 15) is 9.59 Å². The van der Waals surface area contributed by atoms with Crippen LogP contribution in [0, 0.1) is 0 Å². The number of aromatic carboxylic acids is 2. The maximum atomic E-state index is 10.6. The third kappa shape index (κ3) is 2.03. The first-order valence-corrected chi connectivity index (χ1v) is 3.94. The summed E-state index contributed by atoms with van der Waals surface area (Å²) in [6, 6.07) is 1.19. The van der Waals surface area contributed by atoms with Crippen LogP contribution >= 0.6 is 15.9 Å². The minimum absolute atomic E-state index is 0.332. The third-order valence-electron chi connectivity index (χ3n) is 1.29. The highest BCUT2D eigenvalue weighted by Gasteiger charge is 2.17. The molecule has 0 bridgehead atoms. The standard InChI is InChI=1S/C7H4BrNO4/c8-3-1-4(6(10)11)5(7(12)13)9-2-3/h1-2H,(H,10,11)(H,12,13). The Morgan fingerprint density at radius 3 is 2.38 bits per heavy atom. The van der Waals surface area contributed by atoms with Gasteiger partial charge < -0.3 is 10.2 Å². The van der Waals surface area contributed by atoms with Crippen molar-refractivity contribution in [2.45, 2.75) is 0 Å². The summed E-state index contributed by atoms with van der Waals surface area (Å²) in [6.45, 7) is 0. The lowest BCUT2D eigenvalue weighted by Gasteiger charge is -1.99. The molecular formula is C7H4BrNO4. The summed E-state index contributed by atoms with van der Waals surface area (Å²) >= 11 is 2.99. The summed E-state index contributed by atoms with van der Waals surface area (Å²) < 4.78 is 0.426. The van der Waals surface area contributed by atoms with E-state index in [1.165, 1.54) is 12.3 Å². The summed E-state index contributed by atoms with van der Waals surface area (Å²) in [5, 5.41) is 17.2.